The molecule has 3 nitrogen and oxygen atoms in total. The van der Waals surface area contributed by atoms with Crippen LogP contribution >= 0.6 is 0 Å². The van der Waals surface area contributed by atoms with Gasteiger partial charge < -0.3 is 9.47 Å². The highest BCUT2D eigenvalue weighted by Gasteiger charge is 2.16. The van der Waals surface area contributed by atoms with Crippen molar-refractivity contribution >= 4 is 16.7 Å². The van der Waals surface area contributed by atoms with Crippen molar-refractivity contribution in [3.8, 4) is 5.75 Å². The minimum Gasteiger partial charge on any atom is -0.497 e. The van der Waals surface area contributed by atoms with E-state index in [1.165, 1.54) is 0 Å². The maximum absolute atomic E-state index is 11.8. The Labute approximate surface area is 118 Å². The van der Waals surface area contributed by atoms with Crippen molar-refractivity contribution in [2.45, 2.75) is 12.8 Å². The molecule has 20 heavy (non-hydrogen) atoms. The first-order valence-corrected chi connectivity index (χ1v) is 6.51. The number of hydrogen-bond acceptors (Lipinski definition) is 3. The molecule has 0 N–H and O–H groups in total. The molecule has 0 aliphatic rings. The van der Waals surface area contributed by atoms with Gasteiger partial charge in [-0.25, -0.2) is 0 Å². The number of esters is 1. The van der Waals surface area contributed by atoms with Crippen LogP contribution in [0.1, 0.15) is 18.4 Å². The van der Waals surface area contributed by atoms with Gasteiger partial charge in [-0.2, -0.15) is 0 Å². The molecule has 0 saturated carbocycles. The lowest BCUT2D eigenvalue weighted by molar-refractivity contribution is -0.143. The number of fused-ring (bicyclic) bond motifs is 1. The highest BCUT2D eigenvalue weighted by Crippen LogP contribution is 2.25. The molecule has 0 aliphatic carbocycles. The average Bonchev–Trinajstić information content (AvgIpc) is 2.50. The quantitative estimate of drug-likeness (QED) is 0.614. The van der Waals surface area contributed by atoms with Crippen LogP contribution in [0.5, 0.6) is 5.75 Å². The van der Waals surface area contributed by atoms with Crippen LogP contribution in [0.3, 0.4) is 0 Å². The minimum absolute atomic E-state index is 0.238. The van der Waals surface area contributed by atoms with Gasteiger partial charge >= 0.3 is 5.97 Å². The van der Waals surface area contributed by atoms with Crippen LogP contribution in [0.25, 0.3) is 10.8 Å². The van der Waals surface area contributed by atoms with Crippen molar-refractivity contribution in [2.75, 3.05) is 13.7 Å². The van der Waals surface area contributed by atoms with E-state index in [2.05, 4.69) is 6.58 Å². The monoisotopic (exact) mass is 270 g/mol. The van der Waals surface area contributed by atoms with Crippen molar-refractivity contribution in [3.63, 3.8) is 0 Å². The molecule has 0 unspecified atom stereocenters. The van der Waals surface area contributed by atoms with E-state index < -0.39 is 0 Å². The van der Waals surface area contributed by atoms with E-state index in [1.54, 1.807) is 13.2 Å². The summed E-state index contributed by atoms with van der Waals surface area (Å²) in [6.07, 6.45) is 1.57. The summed E-state index contributed by atoms with van der Waals surface area (Å²) in [4.78, 5) is 11.8. The zero-order chi connectivity index (χ0) is 14.5. The third-order valence-corrected chi connectivity index (χ3v) is 3.27. The molecule has 0 saturated heterocycles. The van der Waals surface area contributed by atoms with E-state index in [1.807, 2.05) is 43.3 Å². The lowest BCUT2D eigenvalue weighted by Gasteiger charge is -2.12. The first-order chi connectivity index (χ1) is 9.65. The Hall–Kier alpha value is -2.29. The molecule has 0 aliphatic heterocycles. The van der Waals surface area contributed by atoms with Gasteiger partial charge in [-0.05, 0) is 35.4 Å². The summed E-state index contributed by atoms with van der Waals surface area (Å²) in [6, 6.07) is 11.8. The number of ether oxygens (including phenoxy) is 2. The zero-order valence-electron chi connectivity index (χ0n) is 11.8. The van der Waals surface area contributed by atoms with Crippen LogP contribution in [-0.2, 0) is 9.53 Å². The van der Waals surface area contributed by atoms with E-state index in [-0.39, 0.29) is 18.5 Å². The van der Waals surface area contributed by atoms with E-state index in [0.29, 0.717) is 0 Å². The van der Waals surface area contributed by atoms with E-state index in [9.17, 15) is 4.79 Å². The van der Waals surface area contributed by atoms with E-state index in [0.717, 1.165) is 22.1 Å². The molecule has 0 fully saturated rings. The van der Waals surface area contributed by atoms with Gasteiger partial charge in [0.05, 0.1) is 13.0 Å². The first kappa shape index (κ1) is 14.1. The van der Waals surface area contributed by atoms with Crippen LogP contribution in [0, 0.1) is 0 Å². The van der Waals surface area contributed by atoms with Gasteiger partial charge in [0.25, 0.3) is 0 Å². The van der Waals surface area contributed by atoms with Crippen LogP contribution in [-0.4, -0.2) is 19.7 Å². The molecule has 0 heterocycles. The Bertz CT molecular complexity index is 631. The van der Waals surface area contributed by atoms with Crippen molar-refractivity contribution < 1.29 is 14.3 Å². The molecule has 0 bridgehead atoms. The minimum atomic E-state index is -0.290. The Kier molecular flexibility index (Phi) is 4.41. The molecule has 1 atom stereocenters. The molecular formula is C17H18O3. The number of carbonyl (C=O) groups excluding carboxylic acids is 1. The van der Waals surface area contributed by atoms with Gasteiger partial charge in [-0.3, -0.25) is 4.79 Å². The van der Waals surface area contributed by atoms with E-state index in [4.69, 9.17) is 9.47 Å². The summed E-state index contributed by atoms with van der Waals surface area (Å²) >= 11 is 0. The maximum Gasteiger partial charge on any atom is 0.313 e. The Morgan fingerprint density at radius 1 is 1.25 bits per heavy atom. The molecule has 3 heteroatoms. The molecular weight excluding hydrogens is 252 g/mol. The molecule has 2 aromatic carbocycles. The smallest absolute Gasteiger partial charge is 0.313 e. The normalized spacial score (nSPS) is 11.9. The lowest BCUT2D eigenvalue weighted by atomic mass is 9.98. The summed E-state index contributed by atoms with van der Waals surface area (Å²) < 4.78 is 10.3. The maximum atomic E-state index is 11.8. The van der Waals surface area contributed by atoms with Crippen LogP contribution in [0.2, 0.25) is 0 Å². The van der Waals surface area contributed by atoms with Gasteiger partial charge in [0.15, 0.2) is 0 Å². The largest absolute Gasteiger partial charge is 0.497 e. The van der Waals surface area contributed by atoms with Gasteiger partial charge in [-0.15, -0.1) is 0 Å². The second-order valence-corrected chi connectivity index (χ2v) is 4.61. The van der Waals surface area contributed by atoms with Gasteiger partial charge in [0, 0.05) is 0 Å². The molecule has 0 aromatic heterocycles. The van der Waals surface area contributed by atoms with Crippen molar-refractivity contribution in [1.29, 1.82) is 0 Å². The SMILES string of the molecule is C=CCOC(=O)[C@@H](C)c1ccc2cc(OC)ccc2c1. The summed E-state index contributed by atoms with van der Waals surface area (Å²) in [5, 5.41) is 2.16. The van der Waals surface area contributed by atoms with Gasteiger partial charge in [0.2, 0.25) is 0 Å². The third-order valence-electron chi connectivity index (χ3n) is 3.27. The second-order valence-electron chi connectivity index (χ2n) is 4.61. The second kappa shape index (κ2) is 6.24. The Morgan fingerprint density at radius 3 is 2.65 bits per heavy atom. The number of benzene rings is 2. The number of hydrogen-bond donors (Lipinski definition) is 0. The van der Waals surface area contributed by atoms with Crippen LogP contribution in [0.15, 0.2) is 49.1 Å². The van der Waals surface area contributed by atoms with Gasteiger partial charge in [-0.1, -0.05) is 36.9 Å². The summed E-state index contributed by atoms with van der Waals surface area (Å²) in [5.41, 5.74) is 0.941. The summed E-state index contributed by atoms with van der Waals surface area (Å²) in [6.45, 7) is 5.62. The Balaban J connectivity index is 2.27. The molecule has 0 amide bonds. The summed E-state index contributed by atoms with van der Waals surface area (Å²) in [7, 11) is 1.65. The van der Waals surface area contributed by atoms with E-state index >= 15 is 0 Å². The average molecular weight is 270 g/mol. The zero-order valence-corrected chi connectivity index (χ0v) is 11.8. The molecule has 104 valence electrons. The van der Waals surface area contributed by atoms with Crippen molar-refractivity contribution in [2.24, 2.45) is 0 Å². The number of methoxy groups -OCH3 is 1. The highest BCUT2D eigenvalue weighted by molar-refractivity contribution is 5.86. The fraction of sp³-hybridized carbons (Fsp3) is 0.235. The third kappa shape index (κ3) is 2.99. The number of carbonyl (C=O) groups is 1. The predicted molar refractivity (Wildman–Crippen MR) is 80.1 cm³/mol. The fourth-order valence-electron chi connectivity index (χ4n) is 2.04. The van der Waals surface area contributed by atoms with Crippen molar-refractivity contribution in [1.82, 2.24) is 0 Å². The highest BCUT2D eigenvalue weighted by atomic mass is 16.5. The van der Waals surface area contributed by atoms with Crippen LogP contribution in [0.4, 0.5) is 0 Å². The molecule has 2 rings (SSSR count). The fourth-order valence-corrected chi connectivity index (χ4v) is 2.04. The number of rotatable bonds is 5. The van der Waals surface area contributed by atoms with Crippen LogP contribution < -0.4 is 4.74 Å². The topological polar surface area (TPSA) is 35.5 Å². The standard InChI is InChI=1S/C17H18O3/c1-4-9-20-17(18)12(2)13-5-6-15-11-16(19-3)8-7-14(15)10-13/h4-8,10-12H,1,9H2,2-3H3/t12-/m0/s1. The lowest BCUT2D eigenvalue weighted by Crippen LogP contribution is -2.13. The molecule has 0 radical (unpaired) electrons. The Morgan fingerprint density at radius 2 is 1.95 bits per heavy atom. The first-order valence-electron chi connectivity index (χ1n) is 6.51. The van der Waals surface area contributed by atoms with Gasteiger partial charge in [0.1, 0.15) is 12.4 Å². The molecule has 0 spiro atoms. The van der Waals surface area contributed by atoms with Crippen molar-refractivity contribution in [3.05, 3.63) is 54.6 Å². The molecule has 2 aromatic rings. The predicted octanol–water partition coefficient (Wildman–Crippen LogP) is 3.68. The summed E-state index contributed by atoms with van der Waals surface area (Å²) in [5.74, 6) is 0.294.